The van der Waals surface area contributed by atoms with E-state index >= 15 is 0 Å². The SMILES string of the molecule is CC[C@@H](C)NC(=O)[C@H](C)N(Cc1ccccc1F)C(=O)CN(c1cccc(Br)c1)S(=O)(=O)c1ccc(C)cc1. The maximum Gasteiger partial charge on any atom is 0.264 e. The smallest absolute Gasteiger partial charge is 0.264 e. The number of benzene rings is 3. The van der Waals surface area contributed by atoms with Crippen molar-refractivity contribution < 1.29 is 22.4 Å². The molecule has 3 aromatic carbocycles. The van der Waals surface area contributed by atoms with Crippen molar-refractivity contribution in [2.45, 2.75) is 57.6 Å². The third-order valence-corrected chi connectivity index (χ3v) is 8.73. The molecular formula is C29H33BrFN3O4S. The second-order valence-electron chi connectivity index (χ2n) is 9.41. The van der Waals surface area contributed by atoms with Gasteiger partial charge in [-0.2, -0.15) is 0 Å². The highest BCUT2D eigenvalue weighted by Crippen LogP contribution is 2.27. The molecule has 0 saturated carbocycles. The third-order valence-electron chi connectivity index (χ3n) is 6.45. The number of carbonyl (C=O) groups excluding carboxylic acids is 2. The Balaban J connectivity index is 2.04. The van der Waals surface area contributed by atoms with Gasteiger partial charge in [0, 0.05) is 22.6 Å². The van der Waals surface area contributed by atoms with E-state index in [1.807, 2.05) is 20.8 Å². The zero-order valence-electron chi connectivity index (χ0n) is 22.4. The second kappa shape index (κ2) is 13.2. The fraction of sp³-hybridized carbons (Fsp3) is 0.310. The van der Waals surface area contributed by atoms with Crippen molar-refractivity contribution in [1.82, 2.24) is 10.2 Å². The van der Waals surface area contributed by atoms with Gasteiger partial charge in [-0.1, -0.05) is 64.8 Å². The van der Waals surface area contributed by atoms with Gasteiger partial charge in [0.1, 0.15) is 18.4 Å². The van der Waals surface area contributed by atoms with Gasteiger partial charge in [-0.05, 0) is 63.6 Å². The highest BCUT2D eigenvalue weighted by Gasteiger charge is 2.33. The monoisotopic (exact) mass is 617 g/mol. The Morgan fingerprint density at radius 2 is 1.67 bits per heavy atom. The highest BCUT2D eigenvalue weighted by molar-refractivity contribution is 9.10. The van der Waals surface area contributed by atoms with Crippen LogP contribution in [0, 0.1) is 12.7 Å². The second-order valence-corrected chi connectivity index (χ2v) is 12.2. The Hall–Kier alpha value is -3.24. The summed E-state index contributed by atoms with van der Waals surface area (Å²) in [6.07, 6.45) is 0.686. The fourth-order valence-corrected chi connectivity index (χ4v) is 5.65. The Morgan fingerprint density at radius 1 is 1.00 bits per heavy atom. The first-order valence-corrected chi connectivity index (χ1v) is 14.9. The Labute approximate surface area is 238 Å². The predicted molar refractivity (Wildman–Crippen MR) is 154 cm³/mol. The van der Waals surface area contributed by atoms with E-state index in [2.05, 4.69) is 21.2 Å². The summed E-state index contributed by atoms with van der Waals surface area (Å²) in [6, 6.07) is 17.8. The van der Waals surface area contributed by atoms with Crippen LogP contribution in [0.1, 0.15) is 38.3 Å². The van der Waals surface area contributed by atoms with Crippen LogP contribution in [-0.4, -0.2) is 43.8 Å². The molecule has 0 aliphatic carbocycles. The molecule has 0 heterocycles. The number of sulfonamides is 1. The minimum Gasteiger partial charge on any atom is -0.352 e. The van der Waals surface area contributed by atoms with Crippen LogP contribution < -0.4 is 9.62 Å². The molecule has 0 aromatic heterocycles. The van der Waals surface area contributed by atoms with Crippen LogP contribution in [0.3, 0.4) is 0 Å². The summed E-state index contributed by atoms with van der Waals surface area (Å²) >= 11 is 3.37. The number of amides is 2. The van der Waals surface area contributed by atoms with Crippen LogP contribution >= 0.6 is 15.9 Å². The highest BCUT2D eigenvalue weighted by atomic mass is 79.9. The molecule has 39 heavy (non-hydrogen) atoms. The molecule has 3 rings (SSSR count). The standard InChI is InChI=1S/C29H33BrFN3O4S/c1-5-21(3)32-29(36)22(4)33(18-23-9-6-7-12-27(23)31)28(35)19-34(25-11-8-10-24(30)17-25)39(37,38)26-15-13-20(2)14-16-26/h6-17,21-22H,5,18-19H2,1-4H3,(H,32,36)/t21-,22+/m1/s1. The van der Waals surface area contributed by atoms with Crippen LogP contribution in [0.15, 0.2) is 82.2 Å². The van der Waals surface area contributed by atoms with Crippen molar-refractivity contribution in [3.63, 3.8) is 0 Å². The van der Waals surface area contributed by atoms with Crippen LogP contribution in [0.5, 0.6) is 0 Å². The van der Waals surface area contributed by atoms with Crippen molar-refractivity contribution in [3.8, 4) is 0 Å². The van der Waals surface area contributed by atoms with Gasteiger partial charge in [0.05, 0.1) is 10.6 Å². The lowest BCUT2D eigenvalue weighted by Crippen LogP contribution is -2.52. The molecule has 0 saturated heterocycles. The summed E-state index contributed by atoms with van der Waals surface area (Å²) < 4.78 is 43.9. The van der Waals surface area contributed by atoms with Gasteiger partial charge in [0.25, 0.3) is 10.0 Å². The first-order valence-electron chi connectivity index (χ1n) is 12.6. The molecule has 2 atom stereocenters. The summed E-state index contributed by atoms with van der Waals surface area (Å²) in [7, 11) is -4.18. The van der Waals surface area contributed by atoms with E-state index in [9.17, 15) is 22.4 Å². The molecule has 3 aromatic rings. The molecule has 0 spiro atoms. The molecule has 0 fully saturated rings. The summed E-state index contributed by atoms with van der Waals surface area (Å²) in [5.74, 6) is -1.59. The van der Waals surface area contributed by atoms with Gasteiger partial charge in [0.2, 0.25) is 11.8 Å². The molecule has 2 amide bonds. The minimum absolute atomic E-state index is 0.0177. The molecule has 0 radical (unpaired) electrons. The van der Waals surface area contributed by atoms with Crippen LogP contribution in [-0.2, 0) is 26.2 Å². The Kier molecular flexibility index (Phi) is 10.3. The van der Waals surface area contributed by atoms with E-state index < -0.39 is 40.2 Å². The molecule has 7 nitrogen and oxygen atoms in total. The topological polar surface area (TPSA) is 86.8 Å². The summed E-state index contributed by atoms with van der Waals surface area (Å²) in [5.41, 5.74) is 1.36. The first-order chi connectivity index (χ1) is 18.4. The zero-order chi connectivity index (χ0) is 28.7. The number of aryl methyl sites for hydroxylation is 1. The van der Waals surface area contributed by atoms with Gasteiger partial charge in [-0.3, -0.25) is 13.9 Å². The van der Waals surface area contributed by atoms with Crippen molar-refractivity contribution in [3.05, 3.63) is 94.2 Å². The van der Waals surface area contributed by atoms with Gasteiger partial charge < -0.3 is 10.2 Å². The number of anilines is 1. The predicted octanol–water partition coefficient (Wildman–Crippen LogP) is 5.42. The summed E-state index contributed by atoms with van der Waals surface area (Å²) in [6.45, 7) is 6.35. The van der Waals surface area contributed by atoms with E-state index in [-0.39, 0.29) is 28.7 Å². The van der Waals surface area contributed by atoms with Crippen LogP contribution in [0.25, 0.3) is 0 Å². The molecule has 0 unspecified atom stereocenters. The van der Waals surface area contributed by atoms with E-state index in [4.69, 9.17) is 0 Å². The van der Waals surface area contributed by atoms with Crippen molar-refractivity contribution >= 4 is 43.5 Å². The maximum absolute atomic E-state index is 14.6. The fourth-order valence-electron chi connectivity index (χ4n) is 3.86. The Bertz CT molecular complexity index is 1420. The lowest BCUT2D eigenvalue weighted by molar-refractivity contribution is -0.139. The van der Waals surface area contributed by atoms with E-state index in [1.165, 1.54) is 35.2 Å². The molecule has 1 N–H and O–H groups in total. The minimum atomic E-state index is -4.18. The van der Waals surface area contributed by atoms with Gasteiger partial charge in [-0.25, -0.2) is 12.8 Å². The third kappa shape index (κ3) is 7.67. The number of halogens is 2. The Morgan fingerprint density at radius 3 is 2.28 bits per heavy atom. The maximum atomic E-state index is 14.6. The average molecular weight is 619 g/mol. The van der Waals surface area contributed by atoms with Crippen LogP contribution in [0.4, 0.5) is 10.1 Å². The largest absolute Gasteiger partial charge is 0.352 e. The number of carbonyl (C=O) groups is 2. The molecule has 0 bridgehead atoms. The van der Waals surface area contributed by atoms with E-state index in [0.717, 1.165) is 9.87 Å². The number of hydrogen-bond donors (Lipinski definition) is 1. The van der Waals surface area contributed by atoms with Gasteiger partial charge in [0.15, 0.2) is 0 Å². The summed E-state index contributed by atoms with van der Waals surface area (Å²) in [5, 5.41) is 2.85. The average Bonchev–Trinajstić information content (AvgIpc) is 2.90. The molecule has 208 valence electrons. The number of hydrogen-bond acceptors (Lipinski definition) is 4. The van der Waals surface area contributed by atoms with Gasteiger partial charge in [-0.15, -0.1) is 0 Å². The molecule has 10 heteroatoms. The van der Waals surface area contributed by atoms with Gasteiger partial charge >= 0.3 is 0 Å². The molecule has 0 aliphatic heterocycles. The number of nitrogens with one attached hydrogen (secondary N) is 1. The van der Waals surface area contributed by atoms with E-state index in [0.29, 0.717) is 10.9 Å². The lowest BCUT2D eigenvalue weighted by Gasteiger charge is -2.32. The normalized spacial score (nSPS) is 12.9. The van der Waals surface area contributed by atoms with Crippen molar-refractivity contribution in [1.29, 1.82) is 0 Å². The van der Waals surface area contributed by atoms with Crippen molar-refractivity contribution in [2.24, 2.45) is 0 Å². The van der Waals surface area contributed by atoms with Crippen molar-refractivity contribution in [2.75, 3.05) is 10.8 Å². The molecular weight excluding hydrogens is 585 g/mol. The molecule has 0 aliphatic rings. The van der Waals surface area contributed by atoms with E-state index in [1.54, 1.807) is 49.4 Å². The lowest BCUT2D eigenvalue weighted by atomic mass is 10.1. The first kappa shape index (κ1) is 30.3. The van der Waals surface area contributed by atoms with Crippen LogP contribution in [0.2, 0.25) is 0 Å². The quantitative estimate of drug-likeness (QED) is 0.311. The summed E-state index contributed by atoms with van der Waals surface area (Å²) in [4.78, 5) is 28.1. The number of nitrogens with zero attached hydrogens (tertiary/aromatic N) is 2. The number of rotatable bonds is 11. The zero-order valence-corrected chi connectivity index (χ0v) is 24.8.